The summed E-state index contributed by atoms with van der Waals surface area (Å²) in [6.45, 7) is 2.10. The molecule has 1 amide bonds. The van der Waals surface area contributed by atoms with E-state index >= 15 is 0 Å². The van der Waals surface area contributed by atoms with Gasteiger partial charge in [0, 0.05) is 6.54 Å². The van der Waals surface area contributed by atoms with Crippen molar-refractivity contribution < 1.29 is 22.4 Å². The van der Waals surface area contributed by atoms with Crippen molar-refractivity contribution in [1.29, 1.82) is 0 Å². The number of hydrogen-bond donors (Lipinski definition) is 1. The van der Waals surface area contributed by atoms with Crippen molar-refractivity contribution in [2.75, 3.05) is 6.54 Å². The molecule has 0 aliphatic heterocycles. The predicted molar refractivity (Wildman–Crippen MR) is 50.5 cm³/mol. The SMILES string of the molecule is CC1CCC(CNC(=O)C(F)(F)C(F)F)C1. The molecule has 0 spiro atoms. The van der Waals surface area contributed by atoms with Gasteiger partial charge >= 0.3 is 12.3 Å². The minimum atomic E-state index is -4.58. The summed E-state index contributed by atoms with van der Waals surface area (Å²) in [6, 6.07) is 0. The second-order valence-corrected chi connectivity index (χ2v) is 4.42. The van der Waals surface area contributed by atoms with Gasteiger partial charge in [-0.1, -0.05) is 13.3 Å². The lowest BCUT2D eigenvalue weighted by molar-refractivity contribution is -0.169. The van der Waals surface area contributed by atoms with Crippen LogP contribution in [0.4, 0.5) is 17.6 Å². The Bertz CT molecular complexity index is 257. The van der Waals surface area contributed by atoms with Gasteiger partial charge in [0.1, 0.15) is 0 Å². The van der Waals surface area contributed by atoms with Crippen LogP contribution in [0.1, 0.15) is 26.2 Å². The zero-order valence-electron chi connectivity index (χ0n) is 8.98. The first kappa shape index (κ1) is 13.3. The molecule has 1 rings (SSSR count). The second kappa shape index (κ2) is 5.01. The fourth-order valence-corrected chi connectivity index (χ4v) is 1.96. The number of amides is 1. The maximum Gasteiger partial charge on any atom is 0.383 e. The van der Waals surface area contributed by atoms with Gasteiger partial charge in [-0.2, -0.15) is 8.78 Å². The van der Waals surface area contributed by atoms with E-state index in [9.17, 15) is 22.4 Å². The van der Waals surface area contributed by atoms with Gasteiger partial charge in [-0.3, -0.25) is 4.79 Å². The molecule has 1 aliphatic rings. The van der Waals surface area contributed by atoms with Crippen molar-refractivity contribution in [1.82, 2.24) is 5.32 Å². The van der Waals surface area contributed by atoms with E-state index in [1.54, 1.807) is 0 Å². The van der Waals surface area contributed by atoms with Crippen LogP contribution in [0, 0.1) is 11.8 Å². The van der Waals surface area contributed by atoms with Crippen LogP contribution in [0.15, 0.2) is 0 Å². The smallest absolute Gasteiger partial charge is 0.350 e. The van der Waals surface area contributed by atoms with Crippen LogP contribution in [0.2, 0.25) is 0 Å². The van der Waals surface area contributed by atoms with E-state index in [2.05, 4.69) is 0 Å². The molecule has 1 aliphatic carbocycles. The largest absolute Gasteiger partial charge is 0.383 e. The van der Waals surface area contributed by atoms with E-state index in [1.807, 2.05) is 12.2 Å². The highest BCUT2D eigenvalue weighted by atomic mass is 19.3. The van der Waals surface area contributed by atoms with Gasteiger partial charge in [0.25, 0.3) is 5.91 Å². The Kier molecular flexibility index (Phi) is 4.15. The summed E-state index contributed by atoms with van der Waals surface area (Å²) in [5.74, 6) is -5.81. The second-order valence-electron chi connectivity index (χ2n) is 4.42. The van der Waals surface area contributed by atoms with Crippen LogP contribution in [0.5, 0.6) is 0 Å². The quantitative estimate of drug-likeness (QED) is 0.752. The van der Waals surface area contributed by atoms with Gasteiger partial charge in [0.15, 0.2) is 0 Å². The topological polar surface area (TPSA) is 29.1 Å². The molecule has 16 heavy (non-hydrogen) atoms. The number of nitrogens with one attached hydrogen (secondary N) is 1. The van der Waals surface area contributed by atoms with Crippen molar-refractivity contribution in [3.05, 3.63) is 0 Å². The van der Waals surface area contributed by atoms with Crippen LogP contribution in [-0.2, 0) is 4.79 Å². The highest BCUT2D eigenvalue weighted by molar-refractivity contribution is 5.83. The summed E-state index contributed by atoms with van der Waals surface area (Å²) in [6.07, 6.45) is -1.26. The molecule has 1 N–H and O–H groups in total. The standard InChI is InChI=1S/C10H15F4NO/c1-6-2-3-7(4-6)5-15-9(16)10(13,14)8(11)12/h6-8H,2-5H2,1H3,(H,15,16). The highest BCUT2D eigenvalue weighted by Gasteiger charge is 2.48. The van der Waals surface area contributed by atoms with Gasteiger partial charge in [-0.05, 0) is 24.7 Å². The summed E-state index contributed by atoms with van der Waals surface area (Å²) < 4.78 is 48.7. The Hall–Kier alpha value is -0.810. The molecule has 0 aromatic carbocycles. The maximum atomic E-state index is 12.5. The Morgan fingerprint density at radius 2 is 2.06 bits per heavy atom. The number of carbonyl (C=O) groups is 1. The predicted octanol–water partition coefficient (Wildman–Crippen LogP) is 2.44. The zero-order chi connectivity index (χ0) is 12.3. The lowest BCUT2D eigenvalue weighted by atomic mass is 10.1. The molecule has 1 fully saturated rings. The number of alkyl halides is 4. The average molecular weight is 241 g/mol. The van der Waals surface area contributed by atoms with Crippen LogP contribution < -0.4 is 5.32 Å². The van der Waals surface area contributed by atoms with E-state index in [-0.39, 0.29) is 12.5 Å². The minimum Gasteiger partial charge on any atom is -0.350 e. The Morgan fingerprint density at radius 3 is 2.50 bits per heavy atom. The zero-order valence-corrected chi connectivity index (χ0v) is 8.98. The molecule has 0 saturated heterocycles. The van der Waals surface area contributed by atoms with Crippen LogP contribution in [0.3, 0.4) is 0 Å². The van der Waals surface area contributed by atoms with Gasteiger partial charge in [-0.15, -0.1) is 0 Å². The molecule has 2 unspecified atom stereocenters. The molecule has 0 radical (unpaired) electrons. The first-order valence-corrected chi connectivity index (χ1v) is 5.28. The summed E-state index contributed by atoms with van der Waals surface area (Å²) >= 11 is 0. The monoisotopic (exact) mass is 241 g/mol. The van der Waals surface area contributed by atoms with E-state index < -0.39 is 18.3 Å². The van der Waals surface area contributed by atoms with Gasteiger partial charge in [0.05, 0.1) is 0 Å². The number of carbonyl (C=O) groups excluding carboxylic acids is 1. The van der Waals surface area contributed by atoms with Gasteiger partial charge < -0.3 is 5.32 Å². The summed E-state index contributed by atoms with van der Waals surface area (Å²) in [5, 5.41) is 1.90. The van der Waals surface area contributed by atoms with E-state index in [0.29, 0.717) is 5.92 Å². The lowest BCUT2D eigenvalue weighted by Gasteiger charge is -2.17. The molecule has 2 nitrogen and oxygen atoms in total. The normalized spacial score (nSPS) is 26.1. The molecule has 0 bridgehead atoms. The summed E-state index contributed by atoms with van der Waals surface area (Å²) in [5.41, 5.74) is 0. The molecule has 0 aromatic rings. The molecule has 1 saturated carbocycles. The van der Waals surface area contributed by atoms with Crippen LogP contribution in [-0.4, -0.2) is 24.8 Å². The molecular formula is C10H15F4NO. The van der Waals surface area contributed by atoms with Crippen LogP contribution in [0.25, 0.3) is 0 Å². The van der Waals surface area contributed by atoms with E-state index in [1.165, 1.54) is 0 Å². The average Bonchev–Trinajstić information content (AvgIpc) is 2.60. The number of halogens is 4. The third-order valence-corrected chi connectivity index (χ3v) is 2.93. The molecule has 6 heteroatoms. The maximum absolute atomic E-state index is 12.5. The van der Waals surface area contributed by atoms with Crippen molar-refractivity contribution in [2.24, 2.45) is 11.8 Å². The third kappa shape index (κ3) is 3.09. The van der Waals surface area contributed by atoms with Gasteiger partial charge in [-0.25, -0.2) is 8.78 Å². The fraction of sp³-hybridized carbons (Fsp3) is 0.900. The number of hydrogen-bond acceptors (Lipinski definition) is 1. The Morgan fingerprint density at radius 1 is 1.44 bits per heavy atom. The lowest BCUT2D eigenvalue weighted by Crippen LogP contribution is -2.46. The Balaban J connectivity index is 2.35. The first-order valence-electron chi connectivity index (χ1n) is 5.28. The fourth-order valence-electron chi connectivity index (χ4n) is 1.96. The van der Waals surface area contributed by atoms with E-state index in [4.69, 9.17) is 0 Å². The van der Waals surface area contributed by atoms with E-state index in [0.717, 1.165) is 19.3 Å². The summed E-state index contributed by atoms with van der Waals surface area (Å²) in [4.78, 5) is 10.8. The number of rotatable bonds is 4. The third-order valence-electron chi connectivity index (χ3n) is 2.93. The van der Waals surface area contributed by atoms with Crippen molar-refractivity contribution in [3.8, 4) is 0 Å². The van der Waals surface area contributed by atoms with Crippen molar-refractivity contribution in [3.63, 3.8) is 0 Å². The molecular weight excluding hydrogens is 226 g/mol. The van der Waals surface area contributed by atoms with Crippen molar-refractivity contribution in [2.45, 2.75) is 38.5 Å². The highest BCUT2D eigenvalue weighted by Crippen LogP contribution is 2.30. The van der Waals surface area contributed by atoms with Gasteiger partial charge in [0.2, 0.25) is 0 Å². The molecule has 0 aromatic heterocycles. The first-order chi connectivity index (χ1) is 7.34. The molecule has 2 atom stereocenters. The van der Waals surface area contributed by atoms with Crippen molar-refractivity contribution >= 4 is 5.91 Å². The molecule has 0 heterocycles. The minimum absolute atomic E-state index is 0.0610. The molecule has 94 valence electrons. The summed E-state index contributed by atoms with van der Waals surface area (Å²) in [7, 11) is 0. The Labute approximate surface area is 91.4 Å². The van der Waals surface area contributed by atoms with Crippen LogP contribution >= 0.6 is 0 Å².